The van der Waals surface area contributed by atoms with Gasteiger partial charge >= 0.3 is 6.01 Å². The highest BCUT2D eigenvalue weighted by atomic mass is 16.5. The summed E-state index contributed by atoms with van der Waals surface area (Å²) in [5.41, 5.74) is 0. The van der Waals surface area contributed by atoms with Crippen LogP contribution in [0.25, 0.3) is 0 Å². The summed E-state index contributed by atoms with van der Waals surface area (Å²) in [6.07, 6.45) is 4.72. The molecule has 2 N–H and O–H groups in total. The van der Waals surface area contributed by atoms with Crippen molar-refractivity contribution in [2.45, 2.75) is 51.2 Å². The maximum absolute atomic E-state index is 5.60. The molecule has 0 spiro atoms. The molecule has 0 aromatic carbocycles. The Bertz CT molecular complexity index is 399. The minimum absolute atomic E-state index is 0.341. The van der Waals surface area contributed by atoms with Crippen molar-refractivity contribution < 1.29 is 9.15 Å². The summed E-state index contributed by atoms with van der Waals surface area (Å²) in [5, 5.41) is 14.8. The van der Waals surface area contributed by atoms with Gasteiger partial charge in [0.2, 0.25) is 5.89 Å². The van der Waals surface area contributed by atoms with Gasteiger partial charge in [0.15, 0.2) is 0 Å². The molecule has 1 atom stereocenters. The fraction of sp³-hybridized carbons (Fsp3) is 0.846. The standard InChI is InChI=1S/C13H22N4O2/c1-9(10-4-6-18-7-5-10)15-13-17-16-12(19-13)8-14-11-2-3-11/h9-11,14H,2-8H2,1H3,(H,15,17). The van der Waals surface area contributed by atoms with Crippen molar-refractivity contribution in [1.82, 2.24) is 15.5 Å². The van der Waals surface area contributed by atoms with Gasteiger partial charge in [-0.25, -0.2) is 0 Å². The molecule has 106 valence electrons. The summed E-state index contributed by atoms with van der Waals surface area (Å²) in [6, 6.07) is 1.53. The van der Waals surface area contributed by atoms with Crippen molar-refractivity contribution in [3.8, 4) is 0 Å². The van der Waals surface area contributed by atoms with Crippen molar-refractivity contribution in [1.29, 1.82) is 0 Å². The summed E-state index contributed by atoms with van der Waals surface area (Å²) >= 11 is 0. The van der Waals surface area contributed by atoms with Crippen molar-refractivity contribution in [3.63, 3.8) is 0 Å². The fourth-order valence-electron chi connectivity index (χ4n) is 2.43. The maximum atomic E-state index is 5.60. The normalized spacial score (nSPS) is 22.4. The number of hydrogen-bond acceptors (Lipinski definition) is 6. The van der Waals surface area contributed by atoms with E-state index in [1.54, 1.807) is 0 Å². The second-order valence-electron chi connectivity index (χ2n) is 5.54. The first-order valence-electron chi connectivity index (χ1n) is 7.21. The van der Waals surface area contributed by atoms with E-state index in [-0.39, 0.29) is 0 Å². The van der Waals surface area contributed by atoms with Crippen LogP contribution in [-0.4, -0.2) is 35.5 Å². The number of rotatable bonds is 6. The Morgan fingerprint density at radius 1 is 1.21 bits per heavy atom. The van der Waals surface area contributed by atoms with Crippen molar-refractivity contribution in [3.05, 3.63) is 5.89 Å². The Kier molecular flexibility index (Phi) is 3.98. The number of aromatic nitrogens is 2. The molecule has 1 unspecified atom stereocenters. The van der Waals surface area contributed by atoms with Crippen LogP contribution >= 0.6 is 0 Å². The molecule has 2 heterocycles. The predicted molar refractivity (Wildman–Crippen MR) is 70.8 cm³/mol. The molecule has 2 fully saturated rings. The summed E-state index contributed by atoms with van der Waals surface area (Å²) in [7, 11) is 0. The van der Waals surface area contributed by atoms with Crippen LogP contribution in [0.3, 0.4) is 0 Å². The third kappa shape index (κ3) is 3.67. The second-order valence-corrected chi connectivity index (χ2v) is 5.54. The molecule has 6 nitrogen and oxygen atoms in total. The largest absolute Gasteiger partial charge is 0.407 e. The molecule has 0 radical (unpaired) electrons. The molecule has 0 amide bonds. The van der Waals surface area contributed by atoms with Gasteiger partial charge in [-0.05, 0) is 38.5 Å². The molecule has 1 aromatic rings. The molecule has 19 heavy (non-hydrogen) atoms. The lowest BCUT2D eigenvalue weighted by Gasteiger charge is -2.27. The Balaban J connectivity index is 1.47. The predicted octanol–water partition coefficient (Wildman–Crippen LogP) is 1.55. The summed E-state index contributed by atoms with van der Waals surface area (Å²) in [4.78, 5) is 0. The fourth-order valence-corrected chi connectivity index (χ4v) is 2.43. The lowest BCUT2D eigenvalue weighted by atomic mass is 9.93. The van der Waals surface area contributed by atoms with E-state index in [9.17, 15) is 0 Å². The Hall–Kier alpha value is -1.14. The third-order valence-electron chi connectivity index (χ3n) is 3.91. The van der Waals surface area contributed by atoms with Crippen LogP contribution in [0, 0.1) is 5.92 Å². The van der Waals surface area contributed by atoms with E-state index in [0.717, 1.165) is 26.1 Å². The van der Waals surface area contributed by atoms with E-state index in [1.807, 2.05) is 0 Å². The highest BCUT2D eigenvalue weighted by molar-refractivity contribution is 5.19. The zero-order valence-electron chi connectivity index (χ0n) is 11.4. The van der Waals surface area contributed by atoms with E-state index in [1.165, 1.54) is 12.8 Å². The van der Waals surface area contributed by atoms with Gasteiger partial charge in [0.1, 0.15) is 0 Å². The molecule has 2 aliphatic rings. The third-order valence-corrected chi connectivity index (χ3v) is 3.91. The van der Waals surface area contributed by atoms with Gasteiger partial charge < -0.3 is 19.8 Å². The summed E-state index contributed by atoms with van der Waals surface area (Å²) < 4.78 is 11.0. The van der Waals surface area contributed by atoms with Crippen LogP contribution in [0.4, 0.5) is 6.01 Å². The summed E-state index contributed by atoms with van der Waals surface area (Å²) in [6.45, 7) is 4.56. The summed E-state index contributed by atoms with van der Waals surface area (Å²) in [5.74, 6) is 1.28. The monoisotopic (exact) mass is 266 g/mol. The molecular formula is C13H22N4O2. The smallest absolute Gasteiger partial charge is 0.315 e. The van der Waals surface area contributed by atoms with Crippen LogP contribution < -0.4 is 10.6 Å². The van der Waals surface area contributed by atoms with Crippen molar-refractivity contribution >= 4 is 6.01 Å². The number of hydrogen-bond donors (Lipinski definition) is 2. The zero-order chi connectivity index (χ0) is 13.1. The lowest BCUT2D eigenvalue weighted by molar-refractivity contribution is 0.0620. The van der Waals surface area contributed by atoms with Crippen LogP contribution in [0.5, 0.6) is 0 Å². The van der Waals surface area contributed by atoms with E-state index in [4.69, 9.17) is 9.15 Å². The average molecular weight is 266 g/mol. The highest BCUT2D eigenvalue weighted by Gasteiger charge is 2.23. The Labute approximate surface area is 113 Å². The molecule has 0 bridgehead atoms. The lowest BCUT2D eigenvalue weighted by Crippen LogP contribution is -2.31. The molecule has 3 rings (SSSR count). The Morgan fingerprint density at radius 2 is 2.00 bits per heavy atom. The minimum atomic E-state index is 0.341. The number of nitrogens with zero attached hydrogens (tertiary/aromatic N) is 2. The van der Waals surface area contributed by atoms with Crippen LogP contribution in [0.15, 0.2) is 4.42 Å². The highest BCUT2D eigenvalue weighted by Crippen LogP contribution is 2.22. The van der Waals surface area contributed by atoms with Crippen LogP contribution in [0.1, 0.15) is 38.5 Å². The molecular weight excluding hydrogens is 244 g/mol. The van der Waals surface area contributed by atoms with E-state index < -0.39 is 0 Å². The molecule has 1 aliphatic carbocycles. The minimum Gasteiger partial charge on any atom is -0.407 e. The van der Waals surface area contributed by atoms with Gasteiger partial charge in [-0.1, -0.05) is 5.10 Å². The molecule has 6 heteroatoms. The first-order valence-corrected chi connectivity index (χ1v) is 7.21. The van der Waals surface area contributed by atoms with Gasteiger partial charge in [0.05, 0.1) is 6.54 Å². The first kappa shape index (κ1) is 12.9. The van der Waals surface area contributed by atoms with Crippen molar-refractivity contribution in [2.24, 2.45) is 5.92 Å². The van der Waals surface area contributed by atoms with Crippen LogP contribution in [-0.2, 0) is 11.3 Å². The zero-order valence-corrected chi connectivity index (χ0v) is 11.4. The van der Waals surface area contributed by atoms with Gasteiger partial charge in [0, 0.05) is 25.3 Å². The van der Waals surface area contributed by atoms with E-state index in [2.05, 4.69) is 27.8 Å². The van der Waals surface area contributed by atoms with Crippen molar-refractivity contribution in [2.75, 3.05) is 18.5 Å². The number of ether oxygens (including phenoxy) is 1. The quantitative estimate of drug-likeness (QED) is 0.814. The topological polar surface area (TPSA) is 72.2 Å². The molecule has 1 aliphatic heterocycles. The molecule has 1 aromatic heterocycles. The average Bonchev–Trinajstić information content (AvgIpc) is 3.17. The number of nitrogens with one attached hydrogen (secondary N) is 2. The maximum Gasteiger partial charge on any atom is 0.315 e. The molecule has 1 saturated carbocycles. The van der Waals surface area contributed by atoms with Crippen LogP contribution in [0.2, 0.25) is 0 Å². The molecule has 1 saturated heterocycles. The van der Waals surface area contributed by atoms with Gasteiger partial charge in [-0.2, -0.15) is 0 Å². The van der Waals surface area contributed by atoms with Gasteiger partial charge in [-0.3, -0.25) is 0 Å². The van der Waals surface area contributed by atoms with Gasteiger partial charge in [0.25, 0.3) is 0 Å². The SMILES string of the molecule is CC(Nc1nnc(CNC2CC2)o1)C1CCOCC1. The van der Waals surface area contributed by atoms with E-state index >= 15 is 0 Å². The first-order chi connectivity index (χ1) is 9.31. The number of anilines is 1. The second kappa shape index (κ2) is 5.88. The van der Waals surface area contributed by atoms with Gasteiger partial charge in [-0.15, -0.1) is 5.10 Å². The Morgan fingerprint density at radius 3 is 2.74 bits per heavy atom. The van der Waals surface area contributed by atoms with E-state index in [0.29, 0.717) is 36.5 Å².